The van der Waals surface area contributed by atoms with E-state index < -0.39 is 17.6 Å². The molecule has 0 fully saturated rings. The van der Waals surface area contributed by atoms with Gasteiger partial charge in [0.15, 0.2) is 10.8 Å². The lowest BCUT2D eigenvalue weighted by atomic mass is 9.97. The van der Waals surface area contributed by atoms with Crippen LogP contribution in [0.2, 0.25) is 0 Å². The average molecular weight is 492 g/mol. The molecule has 0 saturated carbocycles. The van der Waals surface area contributed by atoms with Gasteiger partial charge in [0, 0.05) is 11.3 Å². The number of anilines is 1. The highest BCUT2D eigenvalue weighted by Gasteiger charge is 2.33. The number of fused-ring (bicyclic) bond motifs is 5. The maximum Gasteiger partial charge on any atom is 0.418 e. The lowest BCUT2D eigenvalue weighted by molar-refractivity contribution is -0.137. The molecule has 0 aliphatic heterocycles. The zero-order valence-corrected chi connectivity index (χ0v) is 19.3. The van der Waals surface area contributed by atoms with Crippen LogP contribution in [-0.4, -0.2) is 31.2 Å². The van der Waals surface area contributed by atoms with E-state index in [0.29, 0.717) is 11.6 Å². The molecule has 0 radical (unpaired) electrons. The van der Waals surface area contributed by atoms with Gasteiger partial charge in [-0.05, 0) is 43.4 Å². The number of nitrogens with one attached hydrogen (secondary N) is 1. The molecular formula is C22H20F3N5OS2. The summed E-state index contributed by atoms with van der Waals surface area (Å²) >= 11 is 2.86. The molecule has 5 rings (SSSR count). The SMILES string of the molecule is CCc1nc2sc3c(c2c2nnc(SCC(=O)Nc4ccccc4C(F)(F)F)n12)CCCC3. The topological polar surface area (TPSA) is 72.2 Å². The van der Waals surface area contributed by atoms with E-state index in [2.05, 4.69) is 15.5 Å². The van der Waals surface area contributed by atoms with E-state index in [4.69, 9.17) is 4.98 Å². The van der Waals surface area contributed by atoms with Crippen LogP contribution >= 0.6 is 23.1 Å². The van der Waals surface area contributed by atoms with Crippen LogP contribution in [0.5, 0.6) is 0 Å². The highest BCUT2D eigenvalue weighted by Crippen LogP contribution is 2.38. The van der Waals surface area contributed by atoms with Crippen molar-refractivity contribution in [1.82, 2.24) is 19.6 Å². The van der Waals surface area contributed by atoms with Crippen LogP contribution in [0.3, 0.4) is 0 Å². The Hall–Kier alpha value is -2.66. The van der Waals surface area contributed by atoms with E-state index in [1.54, 1.807) is 11.3 Å². The summed E-state index contributed by atoms with van der Waals surface area (Å²) in [5, 5.41) is 12.6. The largest absolute Gasteiger partial charge is 0.418 e. The van der Waals surface area contributed by atoms with Crippen LogP contribution in [0.15, 0.2) is 29.4 Å². The molecule has 0 saturated heterocycles. The number of rotatable bonds is 5. The summed E-state index contributed by atoms with van der Waals surface area (Å²) in [6.07, 6.45) is 0.472. The predicted molar refractivity (Wildman–Crippen MR) is 123 cm³/mol. The first-order chi connectivity index (χ1) is 15.9. The van der Waals surface area contributed by atoms with E-state index in [1.165, 1.54) is 35.1 Å². The van der Waals surface area contributed by atoms with E-state index in [-0.39, 0.29) is 11.4 Å². The minimum atomic E-state index is -4.55. The van der Waals surface area contributed by atoms with Gasteiger partial charge in [0.25, 0.3) is 0 Å². The number of halogens is 3. The number of para-hydroxylation sites is 1. The van der Waals surface area contributed by atoms with Crippen molar-refractivity contribution < 1.29 is 18.0 Å². The van der Waals surface area contributed by atoms with E-state index in [1.807, 2.05) is 11.3 Å². The number of aryl methyl sites for hydroxylation is 3. The molecule has 33 heavy (non-hydrogen) atoms. The van der Waals surface area contributed by atoms with Crippen LogP contribution in [0.1, 0.15) is 41.6 Å². The van der Waals surface area contributed by atoms with Gasteiger partial charge in [0.1, 0.15) is 10.7 Å². The average Bonchev–Trinajstić information content (AvgIpc) is 3.37. The fourth-order valence-corrected chi connectivity index (χ4v) is 6.21. The molecule has 0 bridgehead atoms. The molecule has 6 nitrogen and oxygen atoms in total. The molecule has 1 aliphatic rings. The molecule has 3 aromatic heterocycles. The fraction of sp³-hybridized carbons (Fsp3) is 0.364. The zero-order valence-electron chi connectivity index (χ0n) is 17.7. The van der Waals surface area contributed by atoms with Gasteiger partial charge >= 0.3 is 6.18 Å². The number of carbonyl (C=O) groups is 1. The van der Waals surface area contributed by atoms with Gasteiger partial charge in [0.05, 0.1) is 22.4 Å². The maximum atomic E-state index is 13.2. The van der Waals surface area contributed by atoms with Crippen molar-refractivity contribution >= 4 is 50.6 Å². The molecule has 172 valence electrons. The van der Waals surface area contributed by atoms with Crippen LogP contribution in [0, 0.1) is 0 Å². The molecule has 1 aliphatic carbocycles. The van der Waals surface area contributed by atoms with Crippen molar-refractivity contribution in [2.24, 2.45) is 0 Å². The maximum absolute atomic E-state index is 13.2. The second-order valence-electron chi connectivity index (χ2n) is 7.79. The third-order valence-electron chi connectivity index (χ3n) is 5.65. The molecule has 0 spiro atoms. The summed E-state index contributed by atoms with van der Waals surface area (Å²) < 4.78 is 41.5. The lowest BCUT2D eigenvalue weighted by Gasteiger charge is -2.13. The quantitative estimate of drug-likeness (QED) is 0.372. The summed E-state index contributed by atoms with van der Waals surface area (Å²) in [5.74, 6) is 0.149. The third kappa shape index (κ3) is 4.08. The molecule has 0 atom stereocenters. The predicted octanol–water partition coefficient (Wildman–Crippen LogP) is 5.53. The molecule has 1 N–H and O–H groups in total. The van der Waals surface area contributed by atoms with Gasteiger partial charge in [-0.15, -0.1) is 21.5 Å². The molecule has 1 aromatic carbocycles. The Kier molecular flexibility index (Phi) is 5.77. The van der Waals surface area contributed by atoms with Gasteiger partial charge < -0.3 is 5.32 Å². The number of hydrogen-bond donors (Lipinski definition) is 1. The van der Waals surface area contributed by atoms with Crippen molar-refractivity contribution in [2.45, 2.75) is 50.4 Å². The molecule has 1 amide bonds. The first kappa shape index (κ1) is 22.1. The van der Waals surface area contributed by atoms with Crippen LogP contribution in [-0.2, 0) is 30.2 Å². The number of alkyl halides is 3. The number of carbonyl (C=O) groups excluding carboxylic acids is 1. The Morgan fingerprint density at radius 1 is 1.21 bits per heavy atom. The van der Waals surface area contributed by atoms with Crippen LogP contribution in [0.25, 0.3) is 15.9 Å². The van der Waals surface area contributed by atoms with Crippen molar-refractivity contribution in [3.8, 4) is 0 Å². The first-order valence-corrected chi connectivity index (χ1v) is 12.4. The number of thioether (sulfide) groups is 1. The number of benzene rings is 1. The Morgan fingerprint density at radius 3 is 2.79 bits per heavy atom. The van der Waals surface area contributed by atoms with Crippen molar-refractivity contribution in [3.63, 3.8) is 0 Å². The van der Waals surface area contributed by atoms with Gasteiger partial charge in [-0.1, -0.05) is 30.8 Å². The first-order valence-electron chi connectivity index (χ1n) is 10.6. The smallest absolute Gasteiger partial charge is 0.325 e. The Bertz CT molecular complexity index is 1360. The van der Waals surface area contributed by atoms with Crippen molar-refractivity contribution in [2.75, 3.05) is 11.1 Å². The molecule has 0 unspecified atom stereocenters. The summed E-state index contributed by atoms with van der Waals surface area (Å²) in [7, 11) is 0. The molecule has 4 aromatic rings. The number of nitrogens with zero attached hydrogens (tertiary/aromatic N) is 4. The number of amides is 1. The summed E-state index contributed by atoms with van der Waals surface area (Å²) in [4.78, 5) is 19.7. The van der Waals surface area contributed by atoms with Crippen LogP contribution in [0.4, 0.5) is 18.9 Å². The minimum absolute atomic E-state index is 0.101. The molecule has 3 heterocycles. The normalized spacial score (nSPS) is 14.1. The number of thiophene rings is 1. The van der Waals surface area contributed by atoms with E-state index in [9.17, 15) is 18.0 Å². The van der Waals surface area contributed by atoms with Crippen molar-refractivity contribution in [1.29, 1.82) is 0 Å². The molecular weight excluding hydrogens is 471 g/mol. The second-order valence-corrected chi connectivity index (χ2v) is 9.82. The van der Waals surface area contributed by atoms with Crippen LogP contribution < -0.4 is 5.32 Å². The van der Waals surface area contributed by atoms with Crippen molar-refractivity contribution in [3.05, 3.63) is 46.1 Å². The Balaban J connectivity index is 1.43. The minimum Gasteiger partial charge on any atom is -0.325 e. The molecule has 11 heteroatoms. The van der Waals surface area contributed by atoms with E-state index in [0.717, 1.165) is 58.8 Å². The summed E-state index contributed by atoms with van der Waals surface area (Å²) in [6.45, 7) is 2.00. The van der Waals surface area contributed by atoms with Gasteiger partial charge in [-0.3, -0.25) is 9.20 Å². The highest BCUT2D eigenvalue weighted by atomic mass is 32.2. The van der Waals surface area contributed by atoms with Gasteiger partial charge in [-0.2, -0.15) is 13.2 Å². The fourth-order valence-electron chi connectivity index (χ4n) is 4.18. The van der Waals surface area contributed by atoms with Gasteiger partial charge in [-0.25, -0.2) is 4.98 Å². The standard InChI is InChI=1S/C22H20F3N5OS2/c1-2-16-27-20-18(12-7-3-6-10-15(12)33-20)19-28-29-21(30(16)19)32-11-17(31)26-14-9-5-4-8-13(14)22(23,24)25/h4-5,8-9H,2-3,6-7,10-11H2,1H3,(H,26,31). The monoisotopic (exact) mass is 491 g/mol. The number of aromatic nitrogens is 4. The lowest BCUT2D eigenvalue weighted by Crippen LogP contribution is -2.18. The highest BCUT2D eigenvalue weighted by molar-refractivity contribution is 7.99. The second kappa shape index (κ2) is 8.60. The Labute approximate surface area is 195 Å². The number of hydrogen-bond acceptors (Lipinski definition) is 6. The van der Waals surface area contributed by atoms with E-state index >= 15 is 0 Å². The Morgan fingerprint density at radius 2 is 2.00 bits per heavy atom. The zero-order chi connectivity index (χ0) is 23.2. The third-order valence-corrected chi connectivity index (χ3v) is 7.77. The summed E-state index contributed by atoms with van der Waals surface area (Å²) in [5.41, 5.74) is 0.899. The summed E-state index contributed by atoms with van der Waals surface area (Å²) in [6, 6.07) is 4.93. The van der Waals surface area contributed by atoms with Gasteiger partial charge in [0.2, 0.25) is 5.91 Å².